The Hall–Kier alpha value is -3.11. The number of hydrogen-bond donors (Lipinski definition) is 2. The molecule has 2 unspecified atom stereocenters. The first-order valence-electron chi connectivity index (χ1n) is 10.7. The van der Waals surface area contributed by atoms with E-state index in [0.29, 0.717) is 51.1 Å². The van der Waals surface area contributed by atoms with Gasteiger partial charge >= 0.3 is 6.09 Å². The second-order valence-electron chi connectivity index (χ2n) is 8.60. The highest BCUT2D eigenvalue weighted by Crippen LogP contribution is 2.51. The van der Waals surface area contributed by atoms with Gasteiger partial charge in [0.2, 0.25) is 11.5 Å². The third-order valence-electron chi connectivity index (χ3n) is 5.06. The molecule has 0 bridgehead atoms. The van der Waals surface area contributed by atoms with E-state index in [9.17, 15) is 9.90 Å². The third kappa shape index (κ3) is 5.76. The van der Waals surface area contributed by atoms with Crippen LogP contribution in [0, 0.1) is 0 Å². The van der Waals surface area contributed by atoms with Crippen molar-refractivity contribution in [3.8, 4) is 28.7 Å². The summed E-state index contributed by atoms with van der Waals surface area (Å²) in [7, 11) is 6.01. The van der Waals surface area contributed by atoms with E-state index in [2.05, 4.69) is 21.2 Å². The maximum Gasteiger partial charge on any atom is 0.412 e. The van der Waals surface area contributed by atoms with Crippen molar-refractivity contribution < 1.29 is 38.3 Å². The average molecular weight is 552 g/mol. The van der Waals surface area contributed by atoms with Crippen molar-refractivity contribution in [1.29, 1.82) is 0 Å². The van der Waals surface area contributed by atoms with Crippen molar-refractivity contribution in [3.05, 3.63) is 41.5 Å². The van der Waals surface area contributed by atoms with Crippen LogP contribution < -0.4 is 29.0 Å². The fourth-order valence-corrected chi connectivity index (χ4v) is 3.94. The molecule has 2 atom stereocenters. The molecule has 10 heteroatoms. The maximum atomic E-state index is 12.5. The Morgan fingerprint density at radius 2 is 1.66 bits per heavy atom. The second kappa shape index (κ2) is 10.7. The number of carbonyl (C=O) groups is 1. The van der Waals surface area contributed by atoms with E-state index in [1.54, 1.807) is 51.1 Å². The first-order chi connectivity index (χ1) is 16.5. The number of ether oxygens (including phenoxy) is 6. The van der Waals surface area contributed by atoms with Gasteiger partial charge in [-0.15, -0.1) is 0 Å². The summed E-state index contributed by atoms with van der Waals surface area (Å²) in [6.07, 6.45) is 0.0129. The number of benzene rings is 2. The van der Waals surface area contributed by atoms with Crippen molar-refractivity contribution in [3.63, 3.8) is 0 Å². The number of fused-ring (bicyclic) bond motifs is 1. The minimum absolute atomic E-state index is 0.312. The highest BCUT2D eigenvalue weighted by Gasteiger charge is 2.31. The zero-order valence-corrected chi connectivity index (χ0v) is 22.3. The average Bonchev–Trinajstić information content (AvgIpc) is 2.92. The van der Waals surface area contributed by atoms with Gasteiger partial charge in [0.25, 0.3) is 0 Å². The van der Waals surface area contributed by atoms with Gasteiger partial charge in [0, 0.05) is 5.56 Å². The fourth-order valence-electron chi connectivity index (χ4n) is 3.60. The normalized spacial score (nSPS) is 17.2. The first kappa shape index (κ1) is 26.5. The molecule has 0 fully saturated rings. The minimum atomic E-state index is -1.01. The SMILES string of the molecule is COc1ccc(C2=CC(O)C(Br)Oc3c2cc(OC)c(OC)c3OC)cc1NC(=O)OC(C)(C)C. The molecule has 1 aliphatic rings. The molecule has 1 aliphatic heterocycles. The van der Waals surface area contributed by atoms with Crippen molar-refractivity contribution in [2.75, 3.05) is 33.8 Å². The number of halogens is 1. The summed E-state index contributed by atoms with van der Waals surface area (Å²) in [5, 5.41) is 12.7. The molecule has 0 aromatic heterocycles. The van der Waals surface area contributed by atoms with Crippen molar-refractivity contribution in [2.24, 2.45) is 0 Å². The molecule has 190 valence electrons. The first-order valence-corrected chi connectivity index (χ1v) is 11.7. The Balaban J connectivity index is 2.19. The van der Waals surface area contributed by atoms with Crippen LogP contribution in [0.5, 0.6) is 28.7 Å². The van der Waals surface area contributed by atoms with Crippen LogP contribution in [0.15, 0.2) is 30.3 Å². The summed E-state index contributed by atoms with van der Waals surface area (Å²) < 4.78 is 33.5. The summed E-state index contributed by atoms with van der Waals surface area (Å²) in [4.78, 5) is 12.5. The number of aliphatic hydroxyl groups is 1. The molecular formula is C25H30BrNO8. The van der Waals surface area contributed by atoms with Crippen LogP contribution in [-0.4, -0.2) is 56.4 Å². The molecule has 3 rings (SSSR count). The van der Waals surface area contributed by atoms with E-state index < -0.39 is 22.8 Å². The fraction of sp³-hybridized carbons (Fsp3) is 0.400. The Morgan fingerprint density at radius 1 is 1.00 bits per heavy atom. The Morgan fingerprint density at radius 3 is 2.23 bits per heavy atom. The quantitative estimate of drug-likeness (QED) is 0.484. The van der Waals surface area contributed by atoms with Crippen LogP contribution in [0.1, 0.15) is 31.9 Å². The Bertz CT molecular complexity index is 1130. The van der Waals surface area contributed by atoms with Crippen LogP contribution >= 0.6 is 15.9 Å². The smallest absolute Gasteiger partial charge is 0.412 e. The van der Waals surface area contributed by atoms with Gasteiger partial charge in [-0.3, -0.25) is 5.32 Å². The van der Waals surface area contributed by atoms with E-state index in [1.165, 1.54) is 28.4 Å². The number of hydrogen-bond acceptors (Lipinski definition) is 8. The topological polar surface area (TPSA) is 105 Å². The van der Waals surface area contributed by atoms with Crippen LogP contribution in [0.4, 0.5) is 10.5 Å². The summed E-state index contributed by atoms with van der Waals surface area (Å²) in [5.41, 5.74) is 1.59. The predicted octanol–water partition coefficient (Wildman–Crippen LogP) is 4.97. The third-order valence-corrected chi connectivity index (χ3v) is 5.79. The molecule has 0 saturated heterocycles. The lowest BCUT2D eigenvalue weighted by Crippen LogP contribution is -2.27. The zero-order valence-electron chi connectivity index (χ0n) is 20.7. The monoisotopic (exact) mass is 551 g/mol. The Kier molecular flexibility index (Phi) is 8.07. The molecule has 35 heavy (non-hydrogen) atoms. The Labute approximate surface area is 213 Å². The van der Waals surface area contributed by atoms with Gasteiger partial charge in [-0.25, -0.2) is 4.79 Å². The lowest BCUT2D eigenvalue weighted by molar-refractivity contribution is 0.0635. The van der Waals surface area contributed by atoms with E-state index in [1.807, 2.05) is 0 Å². The van der Waals surface area contributed by atoms with Crippen molar-refractivity contribution in [1.82, 2.24) is 0 Å². The van der Waals surface area contributed by atoms with Gasteiger partial charge in [0.05, 0.1) is 34.1 Å². The van der Waals surface area contributed by atoms with Crippen molar-refractivity contribution in [2.45, 2.75) is 37.5 Å². The van der Waals surface area contributed by atoms with Gasteiger partial charge in [0.15, 0.2) is 16.5 Å². The highest BCUT2D eigenvalue weighted by molar-refractivity contribution is 9.09. The number of amides is 1. The molecule has 0 spiro atoms. The van der Waals surface area contributed by atoms with Gasteiger partial charge in [-0.2, -0.15) is 0 Å². The molecular weight excluding hydrogens is 522 g/mol. The second-order valence-corrected chi connectivity index (χ2v) is 9.51. The van der Waals surface area contributed by atoms with Gasteiger partial charge in [-0.05, 0) is 72.1 Å². The lowest BCUT2D eigenvalue weighted by atomic mass is 9.94. The molecule has 0 saturated carbocycles. The van der Waals surface area contributed by atoms with Gasteiger partial charge in [-0.1, -0.05) is 6.07 Å². The van der Waals surface area contributed by atoms with Crippen LogP contribution in [-0.2, 0) is 4.74 Å². The summed E-state index contributed by atoms with van der Waals surface area (Å²) >= 11 is 3.38. The summed E-state index contributed by atoms with van der Waals surface area (Å²) in [6, 6.07) is 6.98. The molecule has 9 nitrogen and oxygen atoms in total. The van der Waals surface area contributed by atoms with E-state index in [-0.39, 0.29) is 0 Å². The molecule has 1 heterocycles. The van der Waals surface area contributed by atoms with Crippen LogP contribution in [0.2, 0.25) is 0 Å². The van der Waals surface area contributed by atoms with E-state index in [4.69, 9.17) is 28.4 Å². The standard InChI is InChI=1S/C25H30BrNO8/c1-25(2,3)35-24(29)27-16-10-13(8-9-18(16)30-4)14-11-17(28)23(26)34-20-15(14)12-19(31-5)21(32-6)22(20)33-7/h8-12,17,23,28H,1-7H3,(H,27,29). The van der Waals surface area contributed by atoms with Gasteiger partial charge in [0.1, 0.15) is 17.5 Å². The zero-order chi connectivity index (χ0) is 25.9. The number of methoxy groups -OCH3 is 4. The van der Waals surface area contributed by atoms with Crippen molar-refractivity contribution >= 4 is 33.3 Å². The molecule has 0 radical (unpaired) electrons. The largest absolute Gasteiger partial charge is 0.495 e. The minimum Gasteiger partial charge on any atom is -0.495 e. The predicted molar refractivity (Wildman–Crippen MR) is 135 cm³/mol. The number of alkyl halides is 1. The van der Waals surface area contributed by atoms with Crippen LogP contribution in [0.3, 0.4) is 0 Å². The maximum absolute atomic E-state index is 12.5. The van der Waals surface area contributed by atoms with Gasteiger partial charge < -0.3 is 33.5 Å². The van der Waals surface area contributed by atoms with E-state index in [0.717, 1.165) is 0 Å². The molecule has 0 aliphatic carbocycles. The number of rotatable bonds is 6. The number of nitrogens with one attached hydrogen (secondary N) is 1. The highest BCUT2D eigenvalue weighted by atomic mass is 79.9. The number of anilines is 1. The molecule has 2 aromatic rings. The van der Waals surface area contributed by atoms with Crippen LogP contribution in [0.25, 0.3) is 5.57 Å². The lowest BCUT2D eigenvalue weighted by Gasteiger charge is -2.22. The van der Waals surface area contributed by atoms with E-state index >= 15 is 0 Å². The molecule has 2 aromatic carbocycles. The molecule has 1 amide bonds. The molecule has 2 N–H and O–H groups in total. The summed E-state index contributed by atoms with van der Waals surface area (Å²) in [6.45, 7) is 5.34. The number of carbonyl (C=O) groups excluding carboxylic acids is 1. The summed E-state index contributed by atoms with van der Waals surface area (Å²) in [5.74, 6) is 1.88. The number of aliphatic hydroxyl groups excluding tert-OH is 1.